The molecule has 43 heavy (non-hydrogen) atoms. The van der Waals surface area contributed by atoms with Gasteiger partial charge in [0.1, 0.15) is 0 Å². The van der Waals surface area contributed by atoms with Crippen molar-refractivity contribution in [2.24, 2.45) is 11.8 Å². The predicted octanol–water partition coefficient (Wildman–Crippen LogP) is 7.62. The number of para-hydroxylation sites is 1. The molecule has 1 saturated heterocycles. The van der Waals surface area contributed by atoms with Crippen LogP contribution in [0.4, 0.5) is 13.2 Å². The van der Waals surface area contributed by atoms with E-state index in [0.717, 1.165) is 63.5 Å². The van der Waals surface area contributed by atoms with Gasteiger partial charge in [0.25, 0.3) is 0 Å². The van der Waals surface area contributed by atoms with Gasteiger partial charge < -0.3 is 5.11 Å². The number of piperidine rings is 1. The Bertz CT molecular complexity index is 1620. The monoisotopic (exact) mass is 696 g/mol. The molecule has 0 spiro atoms. The summed E-state index contributed by atoms with van der Waals surface area (Å²) in [6, 6.07) is 24.8. The number of aromatic nitrogens is 1. The quantitative estimate of drug-likeness (QED) is 0.0849. The fourth-order valence-electron chi connectivity index (χ4n) is 6.26. The molecule has 4 nitrogen and oxygen atoms in total. The van der Waals surface area contributed by atoms with Gasteiger partial charge in [-0.25, -0.2) is 0 Å². The van der Waals surface area contributed by atoms with E-state index in [1.807, 2.05) is 71.4 Å². The molecule has 0 aliphatic carbocycles. The van der Waals surface area contributed by atoms with Crippen LogP contribution < -0.4 is 4.57 Å². The number of likely N-dealkylation sites (tertiary alicyclic amines) is 1. The van der Waals surface area contributed by atoms with Crippen LogP contribution in [0.25, 0.3) is 10.9 Å². The van der Waals surface area contributed by atoms with E-state index in [4.69, 9.17) is 0 Å². The van der Waals surface area contributed by atoms with E-state index < -0.39 is 17.8 Å². The highest BCUT2D eigenvalue weighted by Gasteiger charge is 2.37. The highest BCUT2D eigenvalue weighted by atomic mass is 127. The Morgan fingerprint density at radius 1 is 1.07 bits per heavy atom. The van der Waals surface area contributed by atoms with Crippen molar-refractivity contribution >= 4 is 33.5 Å². The van der Waals surface area contributed by atoms with E-state index in [-0.39, 0.29) is 6.04 Å². The SMILES string of the molecule is C=C[C@@H](CI)[C@H]1CCN(Cc2ccccc2C#N)[C@H]([C@H](O)c2cc[n+](Cc3ccc(C(F)(F)F)cc3)c3ccccc23)C1. The maximum atomic E-state index is 13.1. The van der Waals surface area contributed by atoms with Crippen molar-refractivity contribution in [2.45, 2.75) is 44.3 Å². The summed E-state index contributed by atoms with van der Waals surface area (Å²) < 4.78 is 42.2. The summed E-state index contributed by atoms with van der Waals surface area (Å²) in [5.74, 6) is 0.735. The summed E-state index contributed by atoms with van der Waals surface area (Å²) in [6.45, 7) is 5.83. The summed E-state index contributed by atoms with van der Waals surface area (Å²) in [7, 11) is 0. The third kappa shape index (κ3) is 6.95. The summed E-state index contributed by atoms with van der Waals surface area (Å²) in [6.07, 6.45) is 0.558. The molecule has 0 saturated carbocycles. The molecule has 4 aromatic rings. The van der Waals surface area contributed by atoms with E-state index in [2.05, 4.69) is 40.1 Å². The van der Waals surface area contributed by atoms with Crippen LogP contribution in [0, 0.1) is 23.2 Å². The lowest BCUT2D eigenvalue weighted by Gasteiger charge is -2.43. The molecular formula is C35H34F3IN3O+. The number of aliphatic hydroxyl groups excluding tert-OH is 1. The first kappa shape index (κ1) is 31.2. The third-order valence-corrected chi connectivity index (χ3v) is 9.69. The van der Waals surface area contributed by atoms with Gasteiger partial charge in [-0.05, 0) is 61.1 Å². The van der Waals surface area contributed by atoms with Gasteiger partial charge >= 0.3 is 6.18 Å². The number of rotatable bonds is 9. The van der Waals surface area contributed by atoms with Gasteiger partial charge in [0.15, 0.2) is 12.7 Å². The summed E-state index contributed by atoms with van der Waals surface area (Å²) in [5, 5.41) is 22.7. The molecule has 1 aliphatic heterocycles. The minimum Gasteiger partial charge on any atom is -0.387 e. The first-order valence-corrected chi connectivity index (χ1v) is 15.9. The normalized spacial score (nSPS) is 19.1. The molecule has 1 aromatic heterocycles. The Morgan fingerprint density at radius 2 is 1.79 bits per heavy atom. The van der Waals surface area contributed by atoms with Crippen molar-refractivity contribution in [1.29, 1.82) is 5.26 Å². The Kier molecular flexibility index (Phi) is 9.85. The van der Waals surface area contributed by atoms with Crippen molar-refractivity contribution in [3.8, 4) is 6.07 Å². The zero-order chi connectivity index (χ0) is 30.6. The van der Waals surface area contributed by atoms with Crippen LogP contribution in [0.2, 0.25) is 0 Å². The molecule has 0 radical (unpaired) electrons. The van der Waals surface area contributed by atoms with Crippen LogP contribution in [-0.2, 0) is 19.3 Å². The lowest BCUT2D eigenvalue weighted by Crippen LogP contribution is -2.47. The molecule has 5 rings (SSSR count). The number of benzene rings is 3. The summed E-state index contributed by atoms with van der Waals surface area (Å²) >= 11 is 2.41. The van der Waals surface area contributed by atoms with Crippen molar-refractivity contribution in [1.82, 2.24) is 4.90 Å². The van der Waals surface area contributed by atoms with Gasteiger partial charge in [0.2, 0.25) is 5.52 Å². The highest BCUT2D eigenvalue weighted by molar-refractivity contribution is 14.1. The van der Waals surface area contributed by atoms with E-state index in [1.54, 1.807) is 0 Å². The molecule has 1 aliphatic rings. The van der Waals surface area contributed by atoms with Crippen molar-refractivity contribution in [3.05, 3.63) is 126 Å². The van der Waals surface area contributed by atoms with Gasteiger partial charge in [-0.15, -0.1) is 6.58 Å². The van der Waals surface area contributed by atoms with E-state index in [0.29, 0.717) is 30.5 Å². The Hall–Kier alpha value is -3.26. The standard InChI is InChI=1S/C35H34F3IN3O/c1-2-25(20-39)26-15-17-42(23-28-8-4-3-7-27(28)21-40)33(19-26)34(43)31-16-18-41(32-10-6-5-9-30(31)32)22-24-11-13-29(14-12-24)35(36,37)38/h2-14,16,18,25-26,33-34,43H,1,15,17,19-20,22-23H2/q+1/t25-,26-,33-,34+/m0/s1. The topological polar surface area (TPSA) is 51.1 Å². The van der Waals surface area contributed by atoms with Crippen molar-refractivity contribution in [2.75, 3.05) is 11.0 Å². The first-order chi connectivity index (χ1) is 20.7. The molecule has 4 atom stereocenters. The van der Waals surface area contributed by atoms with E-state index in [1.165, 1.54) is 12.1 Å². The van der Waals surface area contributed by atoms with Gasteiger partial charge in [0, 0.05) is 40.3 Å². The van der Waals surface area contributed by atoms with Gasteiger partial charge in [0.05, 0.1) is 28.7 Å². The molecule has 2 heterocycles. The second-order valence-corrected chi connectivity index (χ2v) is 12.1. The smallest absolute Gasteiger partial charge is 0.387 e. The van der Waals surface area contributed by atoms with Crippen LogP contribution in [0.3, 0.4) is 0 Å². The number of fused-ring (bicyclic) bond motifs is 1. The number of hydrogen-bond donors (Lipinski definition) is 1. The largest absolute Gasteiger partial charge is 0.416 e. The zero-order valence-corrected chi connectivity index (χ0v) is 25.9. The average molecular weight is 697 g/mol. The lowest BCUT2D eigenvalue weighted by molar-refractivity contribution is -0.662. The van der Waals surface area contributed by atoms with Gasteiger partial charge in [-0.3, -0.25) is 4.90 Å². The number of alkyl halides is 4. The van der Waals surface area contributed by atoms with Crippen molar-refractivity contribution < 1.29 is 22.8 Å². The van der Waals surface area contributed by atoms with E-state index >= 15 is 0 Å². The van der Waals surface area contributed by atoms with Crippen LogP contribution in [0.5, 0.6) is 0 Å². The number of nitriles is 1. The maximum Gasteiger partial charge on any atom is 0.416 e. The average Bonchev–Trinajstić information content (AvgIpc) is 3.02. The Morgan fingerprint density at radius 3 is 2.49 bits per heavy atom. The van der Waals surface area contributed by atoms with Crippen LogP contribution in [0.15, 0.2) is 97.7 Å². The molecule has 0 bridgehead atoms. The number of allylic oxidation sites excluding steroid dienone is 1. The molecule has 0 unspecified atom stereocenters. The second kappa shape index (κ2) is 13.6. The number of halogens is 4. The van der Waals surface area contributed by atoms with E-state index in [9.17, 15) is 23.5 Å². The molecule has 1 N–H and O–H groups in total. The molecule has 1 fully saturated rings. The Labute approximate surface area is 264 Å². The zero-order valence-electron chi connectivity index (χ0n) is 23.7. The fraction of sp³-hybridized carbons (Fsp3) is 0.314. The maximum absolute atomic E-state index is 13.1. The lowest BCUT2D eigenvalue weighted by atomic mass is 9.79. The first-order valence-electron chi connectivity index (χ1n) is 14.4. The number of aliphatic hydroxyl groups is 1. The van der Waals surface area contributed by atoms with Crippen LogP contribution >= 0.6 is 22.6 Å². The van der Waals surface area contributed by atoms with Crippen LogP contribution in [-0.4, -0.2) is 27.0 Å². The minimum absolute atomic E-state index is 0.176. The number of pyridine rings is 1. The van der Waals surface area contributed by atoms with Gasteiger partial charge in [-0.2, -0.15) is 23.0 Å². The molecule has 0 amide bonds. The molecule has 3 aromatic carbocycles. The Balaban J connectivity index is 1.48. The second-order valence-electron chi connectivity index (χ2n) is 11.2. The predicted molar refractivity (Wildman–Crippen MR) is 170 cm³/mol. The summed E-state index contributed by atoms with van der Waals surface area (Å²) in [5.41, 5.74) is 3.38. The van der Waals surface area contributed by atoms with Crippen LogP contribution in [0.1, 0.15) is 46.8 Å². The molecular weight excluding hydrogens is 662 g/mol. The number of hydrogen-bond acceptors (Lipinski definition) is 3. The minimum atomic E-state index is -4.37. The van der Waals surface area contributed by atoms with Crippen molar-refractivity contribution in [3.63, 3.8) is 0 Å². The highest BCUT2D eigenvalue weighted by Crippen LogP contribution is 2.38. The van der Waals surface area contributed by atoms with Gasteiger partial charge in [-0.1, -0.05) is 71.1 Å². The fourth-order valence-corrected chi connectivity index (χ4v) is 7.34. The third-order valence-electron chi connectivity index (χ3n) is 8.67. The molecule has 8 heteroatoms. The number of nitrogens with zero attached hydrogens (tertiary/aromatic N) is 3. The molecule has 222 valence electrons. The summed E-state index contributed by atoms with van der Waals surface area (Å²) in [4.78, 5) is 2.31.